The van der Waals surface area contributed by atoms with Gasteiger partial charge in [-0.1, -0.05) is 0 Å². The molecule has 1 N–H and O–H groups in total. The summed E-state index contributed by atoms with van der Waals surface area (Å²) in [4.78, 5) is 12.2. The number of carbonyl (C=O) groups is 1. The van der Waals surface area contributed by atoms with Gasteiger partial charge in [-0.2, -0.15) is 0 Å². The highest BCUT2D eigenvalue weighted by Crippen LogP contribution is 2.54. The molecule has 3 saturated carbocycles. The van der Waals surface area contributed by atoms with Crippen LogP contribution >= 0.6 is 0 Å². The zero-order valence-electron chi connectivity index (χ0n) is 12.4. The summed E-state index contributed by atoms with van der Waals surface area (Å²) in [7, 11) is 0. The molecule has 3 nitrogen and oxygen atoms in total. The molecule has 0 spiro atoms. The summed E-state index contributed by atoms with van der Waals surface area (Å²) in [6.07, 6.45) is 8.83. The molecule has 3 fully saturated rings. The molecule has 4 rings (SSSR count). The Morgan fingerprint density at radius 1 is 1.00 bits per heavy atom. The molecule has 112 valence electrons. The SMILES string of the molecule is O=C(Nc1ccc(OC2CCCC2)cc1)C1CC2CC2C1. The van der Waals surface area contributed by atoms with Crippen LogP contribution in [0.15, 0.2) is 24.3 Å². The first-order valence-electron chi connectivity index (χ1n) is 8.35. The average molecular weight is 285 g/mol. The molecule has 0 bridgehead atoms. The van der Waals surface area contributed by atoms with Crippen LogP contribution in [-0.4, -0.2) is 12.0 Å². The van der Waals surface area contributed by atoms with Gasteiger partial charge in [0.2, 0.25) is 5.91 Å². The first-order chi connectivity index (χ1) is 10.3. The fraction of sp³-hybridized carbons (Fsp3) is 0.611. The van der Waals surface area contributed by atoms with E-state index in [1.54, 1.807) is 0 Å². The van der Waals surface area contributed by atoms with E-state index in [0.717, 1.165) is 36.1 Å². The van der Waals surface area contributed by atoms with E-state index in [1.807, 2.05) is 24.3 Å². The van der Waals surface area contributed by atoms with Crippen LogP contribution in [0.3, 0.4) is 0 Å². The van der Waals surface area contributed by atoms with Crippen LogP contribution in [0.5, 0.6) is 5.75 Å². The highest BCUT2D eigenvalue weighted by atomic mass is 16.5. The molecule has 21 heavy (non-hydrogen) atoms. The molecule has 3 aliphatic rings. The third-order valence-electron chi connectivity index (χ3n) is 5.34. The summed E-state index contributed by atoms with van der Waals surface area (Å²) in [6.45, 7) is 0. The van der Waals surface area contributed by atoms with E-state index in [4.69, 9.17) is 4.74 Å². The van der Waals surface area contributed by atoms with E-state index in [-0.39, 0.29) is 11.8 Å². The van der Waals surface area contributed by atoms with E-state index < -0.39 is 0 Å². The van der Waals surface area contributed by atoms with Gasteiger partial charge in [0.05, 0.1) is 6.10 Å². The Hall–Kier alpha value is -1.51. The molecule has 2 unspecified atom stereocenters. The molecule has 1 aromatic carbocycles. The van der Waals surface area contributed by atoms with Gasteiger partial charge in [0.25, 0.3) is 0 Å². The highest BCUT2D eigenvalue weighted by Gasteiger charge is 2.47. The molecule has 0 aliphatic heterocycles. The minimum absolute atomic E-state index is 0.201. The number of amides is 1. The van der Waals surface area contributed by atoms with Crippen molar-refractivity contribution in [3.63, 3.8) is 0 Å². The average Bonchev–Trinajstić information content (AvgIpc) is 2.92. The van der Waals surface area contributed by atoms with Crippen molar-refractivity contribution in [3.05, 3.63) is 24.3 Å². The second-order valence-corrected chi connectivity index (χ2v) is 6.96. The number of benzene rings is 1. The molecule has 0 heterocycles. The Morgan fingerprint density at radius 2 is 1.67 bits per heavy atom. The van der Waals surface area contributed by atoms with Crippen LogP contribution in [-0.2, 0) is 4.79 Å². The smallest absolute Gasteiger partial charge is 0.227 e. The quantitative estimate of drug-likeness (QED) is 0.908. The summed E-state index contributed by atoms with van der Waals surface area (Å²) in [5.41, 5.74) is 0.888. The topological polar surface area (TPSA) is 38.3 Å². The van der Waals surface area contributed by atoms with Gasteiger partial charge in [-0.3, -0.25) is 4.79 Å². The fourth-order valence-corrected chi connectivity index (χ4v) is 3.99. The van der Waals surface area contributed by atoms with E-state index >= 15 is 0 Å². The number of ether oxygens (including phenoxy) is 1. The van der Waals surface area contributed by atoms with Gasteiger partial charge in [0.15, 0.2) is 0 Å². The van der Waals surface area contributed by atoms with Crippen LogP contribution < -0.4 is 10.1 Å². The van der Waals surface area contributed by atoms with Gasteiger partial charge in [-0.15, -0.1) is 0 Å². The monoisotopic (exact) mass is 285 g/mol. The summed E-state index contributed by atoms with van der Waals surface area (Å²) >= 11 is 0. The number of hydrogen-bond acceptors (Lipinski definition) is 2. The predicted octanol–water partition coefficient (Wildman–Crippen LogP) is 3.99. The number of hydrogen-bond donors (Lipinski definition) is 1. The minimum atomic E-state index is 0.201. The van der Waals surface area contributed by atoms with Gasteiger partial charge in [-0.25, -0.2) is 0 Å². The van der Waals surface area contributed by atoms with Gasteiger partial charge in [-0.05, 0) is 81.0 Å². The van der Waals surface area contributed by atoms with Crippen molar-refractivity contribution in [2.45, 2.75) is 51.0 Å². The minimum Gasteiger partial charge on any atom is -0.490 e. The highest BCUT2D eigenvalue weighted by molar-refractivity contribution is 5.92. The van der Waals surface area contributed by atoms with E-state index in [9.17, 15) is 4.79 Å². The Balaban J connectivity index is 1.31. The first-order valence-corrected chi connectivity index (χ1v) is 8.35. The lowest BCUT2D eigenvalue weighted by Crippen LogP contribution is -2.21. The van der Waals surface area contributed by atoms with E-state index in [1.165, 1.54) is 32.1 Å². The van der Waals surface area contributed by atoms with Crippen molar-refractivity contribution >= 4 is 11.6 Å². The lowest BCUT2D eigenvalue weighted by Gasteiger charge is -2.15. The molecule has 0 saturated heterocycles. The van der Waals surface area contributed by atoms with Gasteiger partial charge in [0, 0.05) is 11.6 Å². The molecule has 0 aromatic heterocycles. The number of nitrogens with one attached hydrogen (secondary N) is 1. The number of carbonyl (C=O) groups excluding carboxylic acids is 1. The van der Waals surface area contributed by atoms with Crippen molar-refractivity contribution in [2.75, 3.05) is 5.32 Å². The number of rotatable bonds is 4. The maximum atomic E-state index is 12.2. The second kappa shape index (κ2) is 5.36. The predicted molar refractivity (Wildman–Crippen MR) is 82.3 cm³/mol. The van der Waals surface area contributed by atoms with Crippen molar-refractivity contribution in [1.29, 1.82) is 0 Å². The zero-order valence-corrected chi connectivity index (χ0v) is 12.4. The first kappa shape index (κ1) is 13.2. The molecule has 2 atom stereocenters. The lowest BCUT2D eigenvalue weighted by atomic mass is 10.0. The summed E-state index contributed by atoms with van der Waals surface area (Å²) in [5.74, 6) is 3.06. The van der Waals surface area contributed by atoms with Crippen molar-refractivity contribution in [1.82, 2.24) is 0 Å². The Bertz CT molecular complexity index is 509. The molecule has 0 radical (unpaired) electrons. The van der Waals surface area contributed by atoms with Crippen molar-refractivity contribution in [3.8, 4) is 5.75 Å². The van der Waals surface area contributed by atoms with Crippen LogP contribution in [0.2, 0.25) is 0 Å². The Morgan fingerprint density at radius 3 is 2.33 bits per heavy atom. The van der Waals surface area contributed by atoms with Crippen LogP contribution in [0.4, 0.5) is 5.69 Å². The molecule has 3 heteroatoms. The zero-order chi connectivity index (χ0) is 14.2. The molecule has 3 aliphatic carbocycles. The van der Waals surface area contributed by atoms with E-state index in [0.29, 0.717) is 6.10 Å². The Kier molecular flexibility index (Phi) is 3.36. The van der Waals surface area contributed by atoms with Gasteiger partial charge < -0.3 is 10.1 Å². The fourth-order valence-electron chi connectivity index (χ4n) is 3.99. The Labute approximate surface area is 126 Å². The van der Waals surface area contributed by atoms with Crippen LogP contribution in [0, 0.1) is 17.8 Å². The maximum absolute atomic E-state index is 12.2. The standard InChI is InChI=1S/C18H23NO2/c20-18(14-10-12-9-13(12)11-14)19-15-5-7-17(8-6-15)21-16-3-1-2-4-16/h5-8,12-14,16H,1-4,9-11H2,(H,19,20). The molecular formula is C18H23NO2. The van der Waals surface area contributed by atoms with Gasteiger partial charge >= 0.3 is 0 Å². The molecular weight excluding hydrogens is 262 g/mol. The number of fused-ring (bicyclic) bond motifs is 1. The summed E-state index contributed by atoms with van der Waals surface area (Å²) < 4.78 is 5.94. The second-order valence-electron chi connectivity index (χ2n) is 6.96. The van der Waals surface area contributed by atoms with Crippen molar-refractivity contribution < 1.29 is 9.53 Å². The molecule has 1 amide bonds. The van der Waals surface area contributed by atoms with Crippen molar-refractivity contribution in [2.24, 2.45) is 17.8 Å². The normalized spacial score (nSPS) is 31.0. The summed E-state index contributed by atoms with van der Waals surface area (Å²) in [6, 6.07) is 7.86. The third kappa shape index (κ3) is 2.92. The number of anilines is 1. The van der Waals surface area contributed by atoms with Gasteiger partial charge in [0.1, 0.15) is 5.75 Å². The third-order valence-corrected chi connectivity index (χ3v) is 5.34. The molecule has 1 aromatic rings. The van der Waals surface area contributed by atoms with Crippen LogP contribution in [0.1, 0.15) is 44.9 Å². The summed E-state index contributed by atoms with van der Waals surface area (Å²) in [5, 5.41) is 3.05. The maximum Gasteiger partial charge on any atom is 0.227 e. The van der Waals surface area contributed by atoms with Crippen LogP contribution in [0.25, 0.3) is 0 Å². The van der Waals surface area contributed by atoms with E-state index in [2.05, 4.69) is 5.32 Å². The largest absolute Gasteiger partial charge is 0.490 e. The lowest BCUT2D eigenvalue weighted by molar-refractivity contribution is -0.120.